The third-order valence-electron chi connectivity index (χ3n) is 4.78. The van der Waals surface area contributed by atoms with Gasteiger partial charge in [-0.2, -0.15) is 0 Å². The van der Waals surface area contributed by atoms with Gasteiger partial charge in [0.05, 0.1) is 20.3 Å². The lowest BCUT2D eigenvalue weighted by atomic mass is 10.1. The monoisotopic (exact) mass is 346 g/mol. The van der Waals surface area contributed by atoms with E-state index in [-0.39, 0.29) is 11.8 Å². The van der Waals surface area contributed by atoms with Gasteiger partial charge in [-0.25, -0.2) is 0 Å². The predicted octanol–water partition coefficient (Wildman–Crippen LogP) is 3.82. The molecule has 2 aromatic rings. The molecule has 0 aliphatic carbocycles. The number of aryl methyl sites for hydroxylation is 1. The molecule has 1 aromatic heterocycles. The van der Waals surface area contributed by atoms with Gasteiger partial charge in [-0.1, -0.05) is 18.0 Å². The van der Waals surface area contributed by atoms with Crippen LogP contribution in [0.5, 0.6) is 17.2 Å². The average molecular weight is 346 g/mol. The summed E-state index contributed by atoms with van der Waals surface area (Å²) in [6, 6.07) is 6.01. The van der Waals surface area contributed by atoms with Crippen LogP contribution in [0.25, 0.3) is 0 Å². The highest BCUT2D eigenvalue weighted by atomic mass is 16.5. The Morgan fingerprint density at radius 1 is 1.16 bits per heavy atom. The molecule has 0 bridgehead atoms. The number of methoxy groups -OCH3 is 2. The van der Waals surface area contributed by atoms with E-state index >= 15 is 0 Å². The van der Waals surface area contributed by atoms with Gasteiger partial charge in [0.2, 0.25) is 5.75 Å². The van der Waals surface area contributed by atoms with E-state index in [2.05, 4.69) is 10.1 Å². The van der Waals surface area contributed by atoms with Crippen molar-refractivity contribution in [2.24, 2.45) is 0 Å². The van der Waals surface area contributed by atoms with Crippen LogP contribution in [0.2, 0.25) is 0 Å². The zero-order chi connectivity index (χ0) is 17.8. The van der Waals surface area contributed by atoms with E-state index in [1.54, 1.807) is 14.2 Å². The fourth-order valence-electron chi connectivity index (χ4n) is 3.51. The average Bonchev–Trinajstić information content (AvgIpc) is 2.91. The van der Waals surface area contributed by atoms with Gasteiger partial charge < -0.3 is 19.1 Å². The third kappa shape index (κ3) is 3.90. The summed E-state index contributed by atoms with van der Waals surface area (Å²) in [5.41, 5.74) is 2.04. The topological polar surface area (TPSA) is 68.0 Å². The summed E-state index contributed by atoms with van der Waals surface area (Å²) in [4.78, 5) is 2.43. The molecular weight excluding hydrogens is 320 g/mol. The number of rotatable bonds is 5. The van der Waals surface area contributed by atoms with Gasteiger partial charge in [-0.05, 0) is 44.0 Å². The first kappa shape index (κ1) is 17.6. The van der Waals surface area contributed by atoms with Crippen LogP contribution in [-0.2, 0) is 6.54 Å². The smallest absolute Gasteiger partial charge is 0.200 e. The maximum absolute atomic E-state index is 10.1. The van der Waals surface area contributed by atoms with E-state index in [9.17, 15) is 5.11 Å². The van der Waals surface area contributed by atoms with Crippen molar-refractivity contribution in [3.8, 4) is 17.2 Å². The van der Waals surface area contributed by atoms with Crippen molar-refractivity contribution in [3.63, 3.8) is 0 Å². The minimum absolute atomic E-state index is 0.0355. The lowest BCUT2D eigenvalue weighted by molar-refractivity contribution is 0.183. The van der Waals surface area contributed by atoms with E-state index in [1.165, 1.54) is 19.3 Å². The highest BCUT2D eigenvalue weighted by Gasteiger charge is 2.26. The second kappa shape index (κ2) is 7.78. The molecule has 1 saturated heterocycles. The molecule has 6 nitrogen and oxygen atoms in total. The van der Waals surface area contributed by atoms with Gasteiger partial charge in [0.25, 0.3) is 0 Å². The van der Waals surface area contributed by atoms with E-state index in [4.69, 9.17) is 14.0 Å². The van der Waals surface area contributed by atoms with Crippen molar-refractivity contribution in [2.75, 3.05) is 20.8 Å². The number of aromatic hydroxyl groups is 1. The first-order valence-corrected chi connectivity index (χ1v) is 8.73. The number of ether oxygens (including phenoxy) is 2. The molecule has 1 fully saturated rings. The van der Waals surface area contributed by atoms with Crippen molar-refractivity contribution in [1.29, 1.82) is 0 Å². The number of phenols is 1. The molecule has 0 radical (unpaired) electrons. The van der Waals surface area contributed by atoms with Gasteiger partial charge in [0.1, 0.15) is 11.5 Å². The molecule has 1 N–H and O–H groups in total. The Morgan fingerprint density at radius 3 is 2.48 bits per heavy atom. The van der Waals surface area contributed by atoms with Crippen LogP contribution < -0.4 is 9.47 Å². The van der Waals surface area contributed by atoms with Crippen LogP contribution >= 0.6 is 0 Å². The molecule has 1 aliphatic rings. The van der Waals surface area contributed by atoms with Crippen molar-refractivity contribution in [1.82, 2.24) is 10.1 Å². The Morgan fingerprint density at radius 2 is 1.88 bits per heavy atom. The summed E-state index contributed by atoms with van der Waals surface area (Å²) in [6.07, 6.45) is 4.65. The van der Waals surface area contributed by atoms with Crippen LogP contribution in [-0.4, -0.2) is 35.9 Å². The Hall–Kier alpha value is -2.21. The predicted molar refractivity (Wildman–Crippen MR) is 94.1 cm³/mol. The molecule has 1 aromatic carbocycles. The molecule has 6 heteroatoms. The normalized spacial score (nSPS) is 18.8. The fourth-order valence-corrected chi connectivity index (χ4v) is 3.51. The standard InChI is InChI=1S/C19H26N2O4/c1-13-9-15(20-25-13)16-7-5-4-6-8-21(16)12-14-10-17(23-2)19(22)18(11-14)24-3/h9-11,16,22H,4-8,12H2,1-3H3/t16-/m1/s1. The summed E-state index contributed by atoms with van der Waals surface area (Å²) in [5, 5.41) is 14.4. The van der Waals surface area contributed by atoms with Crippen LogP contribution in [0.4, 0.5) is 0 Å². The summed E-state index contributed by atoms with van der Waals surface area (Å²) in [7, 11) is 3.09. The maximum atomic E-state index is 10.1. The maximum Gasteiger partial charge on any atom is 0.200 e. The van der Waals surface area contributed by atoms with Crippen LogP contribution in [0.3, 0.4) is 0 Å². The minimum Gasteiger partial charge on any atom is -0.502 e. The quantitative estimate of drug-likeness (QED) is 0.887. The molecule has 136 valence electrons. The molecule has 0 amide bonds. The lowest BCUT2D eigenvalue weighted by Crippen LogP contribution is -2.28. The zero-order valence-corrected chi connectivity index (χ0v) is 15.1. The molecule has 25 heavy (non-hydrogen) atoms. The molecule has 0 saturated carbocycles. The van der Waals surface area contributed by atoms with Gasteiger partial charge in [0.15, 0.2) is 11.5 Å². The molecule has 1 aliphatic heterocycles. The van der Waals surface area contributed by atoms with E-state index in [1.807, 2.05) is 25.1 Å². The second-order valence-electron chi connectivity index (χ2n) is 6.55. The third-order valence-corrected chi connectivity index (χ3v) is 4.78. The molecule has 3 rings (SSSR count). The lowest BCUT2D eigenvalue weighted by Gasteiger charge is -2.28. The second-order valence-corrected chi connectivity index (χ2v) is 6.55. The van der Waals surface area contributed by atoms with Crippen LogP contribution in [0.1, 0.15) is 48.7 Å². The molecule has 0 unspecified atom stereocenters. The largest absolute Gasteiger partial charge is 0.502 e. The van der Waals surface area contributed by atoms with Gasteiger partial charge in [-0.15, -0.1) is 0 Å². The first-order valence-electron chi connectivity index (χ1n) is 8.73. The van der Waals surface area contributed by atoms with E-state index in [0.29, 0.717) is 11.5 Å². The van der Waals surface area contributed by atoms with Crippen LogP contribution in [0.15, 0.2) is 22.7 Å². The Labute approximate surface area is 148 Å². The highest BCUT2D eigenvalue weighted by Crippen LogP contribution is 2.38. The summed E-state index contributed by atoms with van der Waals surface area (Å²) in [6.45, 7) is 3.67. The van der Waals surface area contributed by atoms with Crippen molar-refractivity contribution in [3.05, 3.63) is 35.2 Å². The fraction of sp³-hybridized carbons (Fsp3) is 0.526. The SMILES string of the molecule is COc1cc(CN2CCCCC[C@@H]2c2cc(C)on2)cc(OC)c1O. The number of nitrogens with zero attached hydrogens (tertiary/aromatic N) is 2. The summed E-state index contributed by atoms with van der Waals surface area (Å²) in [5.74, 6) is 1.73. The van der Waals surface area contributed by atoms with Crippen molar-refractivity contribution < 1.29 is 19.1 Å². The molecule has 0 spiro atoms. The first-order chi connectivity index (χ1) is 12.1. The van der Waals surface area contributed by atoms with Gasteiger partial charge in [-0.3, -0.25) is 4.90 Å². The van der Waals surface area contributed by atoms with Gasteiger partial charge in [0, 0.05) is 12.6 Å². The minimum atomic E-state index is 0.0355. The van der Waals surface area contributed by atoms with Crippen LogP contribution in [0, 0.1) is 6.92 Å². The molecule has 1 atom stereocenters. The van der Waals surface area contributed by atoms with E-state index < -0.39 is 0 Å². The Kier molecular flexibility index (Phi) is 5.48. The number of hydrogen-bond acceptors (Lipinski definition) is 6. The molecular formula is C19H26N2O4. The molecule has 2 heterocycles. The number of hydrogen-bond donors (Lipinski definition) is 1. The van der Waals surface area contributed by atoms with Gasteiger partial charge >= 0.3 is 0 Å². The number of aromatic nitrogens is 1. The zero-order valence-electron chi connectivity index (χ0n) is 15.1. The Bertz CT molecular complexity index is 688. The number of benzene rings is 1. The highest BCUT2D eigenvalue weighted by molar-refractivity contribution is 5.52. The van der Waals surface area contributed by atoms with E-state index in [0.717, 1.165) is 36.5 Å². The summed E-state index contributed by atoms with van der Waals surface area (Å²) >= 11 is 0. The van der Waals surface area contributed by atoms with Crippen molar-refractivity contribution in [2.45, 2.75) is 45.2 Å². The Balaban J connectivity index is 1.88. The summed E-state index contributed by atoms with van der Waals surface area (Å²) < 4.78 is 15.9. The number of phenolic OH excluding ortho intramolecular Hbond substituents is 1. The van der Waals surface area contributed by atoms with Crippen molar-refractivity contribution >= 4 is 0 Å². The number of likely N-dealkylation sites (tertiary alicyclic amines) is 1.